The third-order valence-electron chi connectivity index (χ3n) is 11.2. The largest absolute Gasteiger partial charge is 0.512 e. The molecule has 1 radical (unpaired) electrons. The normalized spacial score (nSPS) is 12.9. The summed E-state index contributed by atoms with van der Waals surface area (Å²) in [5.74, 6) is 0.902. The second kappa shape index (κ2) is 16.2. The number of fused-ring (bicyclic) bond motifs is 6. The molecule has 0 saturated carbocycles. The first-order valence-electron chi connectivity index (χ1n) is 18.5. The molecule has 0 atom stereocenters. The summed E-state index contributed by atoms with van der Waals surface area (Å²) >= 11 is 3.68. The van der Waals surface area contributed by atoms with Gasteiger partial charge in [0.15, 0.2) is 5.78 Å². The Morgan fingerprint density at radius 2 is 1.60 bits per heavy atom. The third-order valence-corrected chi connectivity index (χ3v) is 13.4. The van der Waals surface area contributed by atoms with Gasteiger partial charge < -0.3 is 9.52 Å². The number of allylic oxidation sites excluding steroid dienone is 2. The predicted molar refractivity (Wildman–Crippen MR) is 219 cm³/mol. The molecule has 0 aliphatic carbocycles. The van der Waals surface area contributed by atoms with Gasteiger partial charge in [-0.05, 0) is 78.1 Å². The molecule has 0 aliphatic heterocycles. The Bertz CT molecular complexity index is 2220. The fraction of sp³-hybridized carbons (Fsp3) is 0.477. The van der Waals surface area contributed by atoms with Crippen molar-refractivity contribution in [3.05, 3.63) is 69.9 Å². The van der Waals surface area contributed by atoms with E-state index in [1.165, 1.54) is 36.9 Å². The molecule has 52 heavy (non-hydrogen) atoms. The number of carbonyl (C=O) groups is 1. The van der Waals surface area contributed by atoms with E-state index in [-0.39, 0.29) is 47.9 Å². The molecule has 2 aromatic carbocycles. The molecule has 0 saturated heterocycles. The molecule has 6 rings (SSSR count). The van der Waals surface area contributed by atoms with E-state index in [0.717, 1.165) is 65.1 Å². The van der Waals surface area contributed by atoms with Crippen molar-refractivity contribution < 1.29 is 34.4 Å². The Morgan fingerprint density at radius 3 is 2.19 bits per heavy atom. The molecule has 1 N–H and O–H groups in total. The number of benzene rings is 2. The fourth-order valence-corrected chi connectivity index (χ4v) is 9.13. The van der Waals surface area contributed by atoms with Crippen molar-refractivity contribution in [2.75, 3.05) is 0 Å². The summed E-state index contributed by atoms with van der Waals surface area (Å²) in [6, 6.07) is 12.4. The number of carbonyl (C=O) groups excluding carboxylic acids is 1. The summed E-state index contributed by atoms with van der Waals surface area (Å²) in [5, 5.41) is 16.8. The van der Waals surface area contributed by atoms with Crippen LogP contribution in [0.1, 0.15) is 118 Å². The number of aliphatic hydroxyl groups excluding tert-OH is 1. The zero-order valence-corrected chi connectivity index (χ0v) is 37.0. The average Bonchev–Trinajstić information content (AvgIpc) is 3.81. The van der Waals surface area contributed by atoms with Crippen LogP contribution in [0.3, 0.4) is 0 Å². The number of thiophene rings is 2. The molecule has 0 unspecified atom stereocenters. The monoisotopic (exact) mass is 916 g/mol. The number of aromatic nitrogens is 2. The minimum atomic E-state index is -0.337. The first kappa shape index (κ1) is 41.8. The SMILES string of the molecule is CCC(C)(CC)C(=O)/C=C(\O)C(C)(CC)CC.Cc1c(CC(C)C)sc2ccc3oc4ncnc(-c5[c-]c6ccsc6c(C(C)(C)C)c5)c4c3c12.[Ir]. The predicted octanol–water partition coefficient (Wildman–Crippen LogP) is 13.7. The van der Waals surface area contributed by atoms with E-state index in [9.17, 15) is 9.90 Å². The van der Waals surface area contributed by atoms with Crippen LogP contribution in [0.2, 0.25) is 0 Å². The molecular formula is C44H55IrN2O3S2-. The van der Waals surface area contributed by atoms with Crippen molar-refractivity contribution in [1.29, 1.82) is 0 Å². The van der Waals surface area contributed by atoms with Crippen LogP contribution in [0.4, 0.5) is 0 Å². The van der Waals surface area contributed by atoms with Crippen LogP contribution in [0.15, 0.2) is 52.2 Å². The summed E-state index contributed by atoms with van der Waals surface area (Å²) < 4.78 is 8.88. The summed E-state index contributed by atoms with van der Waals surface area (Å²) in [7, 11) is 0. The van der Waals surface area contributed by atoms with E-state index in [1.54, 1.807) is 17.7 Å². The van der Waals surface area contributed by atoms with E-state index in [1.807, 2.05) is 52.9 Å². The van der Waals surface area contributed by atoms with E-state index < -0.39 is 0 Å². The summed E-state index contributed by atoms with van der Waals surface area (Å²) in [6.07, 6.45) is 7.46. The zero-order chi connectivity index (χ0) is 37.5. The summed E-state index contributed by atoms with van der Waals surface area (Å²) in [4.78, 5) is 23.0. The quantitative estimate of drug-likeness (QED) is 0.0842. The van der Waals surface area contributed by atoms with Crippen LogP contribution >= 0.6 is 22.7 Å². The van der Waals surface area contributed by atoms with Crippen LogP contribution in [-0.2, 0) is 36.7 Å². The molecule has 0 fully saturated rings. The second-order valence-electron chi connectivity index (χ2n) is 16.0. The van der Waals surface area contributed by atoms with E-state index in [2.05, 4.69) is 82.2 Å². The van der Waals surface area contributed by atoms with E-state index >= 15 is 0 Å². The third kappa shape index (κ3) is 7.97. The molecule has 4 aromatic heterocycles. The van der Waals surface area contributed by atoms with Gasteiger partial charge >= 0.3 is 0 Å². The van der Waals surface area contributed by atoms with Crippen molar-refractivity contribution >= 4 is 70.7 Å². The molecule has 0 aliphatic rings. The maximum Gasteiger partial charge on any atom is 0.223 e. The van der Waals surface area contributed by atoms with Gasteiger partial charge in [0.2, 0.25) is 5.71 Å². The van der Waals surface area contributed by atoms with Crippen molar-refractivity contribution in [1.82, 2.24) is 9.97 Å². The van der Waals surface area contributed by atoms with Gasteiger partial charge in [-0.1, -0.05) is 87.3 Å². The molecule has 6 aromatic rings. The van der Waals surface area contributed by atoms with Gasteiger partial charge in [-0.15, -0.1) is 34.9 Å². The fourth-order valence-electron chi connectivity index (χ4n) is 6.63. The van der Waals surface area contributed by atoms with Crippen molar-refractivity contribution in [3.8, 4) is 11.3 Å². The molecular weight excluding hydrogens is 861 g/mol. The number of ketones is 1. The maximum atomic E-state index is 12.2. The average molecular weight is 916 g/mol. The van der Waals surface area contributed by atoms with Gasteiger partial charge in [-0.25, -0.2) is 4.98 Å². The van der Waals surface area contributed by atoms with E-state index in [4.69, 9.17) is 9.40 Å². The van der Waals surface area contributed by atoms with Crippen LogP contribution in [0, 0.1) is 29.7 Å². The Balaban J connectivity index is 0.000000289. The maximum absolute atomic E-state index is 12.2. The van der Waals surface area contributed by atoms with E-state index in [0.29, 0.717) is 11.6 Å². The standard InChI is InChI=1S/C29H27N2OS2.C15H28O2.Ir/c1-15(2)11-22-16(3)23-21(34-22)8-7-20-24(23)25-26(30-14-31-28(25)32-20)18-12-17-9-10-33-27(17)19(13-18)29(4,5)6;1-7-14(5,8-2)12(16)11-13(17)15(6,9-3)10-4;/h7-10,13-15H,11H2,1-6H3;11,16H,7-10H2,1-6H3;/q-1;;/b;12-11-;. The topological polar surface area (TPSA) is 76.2 Å². The molecule has 281 valence electrons. The number of rotatable bonds is 10. The van der Waals surface area contributed by atoms with Crippen LogP contribution in [0.25, 0.3) is 53.5 Å². The molecule has 0 bridgehead atoms. The number of nitrogens with zero attached hydrogens (tertiary/aromatic N) is 2. The van der Waals surface area contributed by atoms with Gasteiger partial charge in [0.05, 0.1) is 0 Å². The first-order chi connectivity index (χ1) is 24.0. The minimum Gasteiger partial charge on any atom is -0.512 e. The van der Waals surface area contributed by atoms with Gasteiger partial charge in [0.1, 0.15) is 17.7 Å². The zero-order valence-electron chi connectivity index (χ0n) is 33.0. The van der Waals surface area contributed by atoms with Gasteiger partial charge in [0.25, 0.3) is 0 Å². The Labute approximate surface area is 331 Å². The summed E-state index contributed by atoms with van der Waals surface area (Å²) in [6.45, 7) is 25.7. The Hall–Kier alpha value is -2.90. The summed E-state index contributed by atoms with van der Waals surface area (Å²) in [5.41, 5.74) is 5.48. The molecule has 0 amide bonds. The number of aryl methyl sites for hydroxylation is 1. The number of hydrogen-bond acceptors (Lipinski definition) is 7. The number of aliphatic hydroxyl groups is 1. The van der Waals surface area contributed by atoms with Crippen molar-refractivity contribution in [2.24, 2.45) is 16.7 Å². The van der Waals surface area contributed by atoms with Crippen LogP contribution in [0.5, 0.6) is 0 Å². The van der Waals surface area contributed by atoms with Crippen LogP contribution < -0.4 is 0 Å². The molecule has 4 heterocycles. The molecule has 5 nitrogen and oxygen atoms in total. The number of furan rings is 1. The van der Waals surface area contributed by atoms with Gasteiger partial charge in [-0.3, -0.25) is 9.78 Å². The Kier molecular flexibility index (Phi) is 13.1. The number of hydrogen-bond donors (Lipinski definition) is 1. The van der Waals surface area contributed by atoms with Gasteiger partial charge in [0, 0.05) is 68.4 Å². The molecule has 0 spiro atoms. The Morgan fingerprint density at radius 1 is 0.942 bits per heavy atom. The van der Waals surface area contributed by atoms with Gasteiger partial charge in [-0.2, -0.15) is 11.3 Å². The molecule has 8 heteroatoms. The first-order valence-corrected chi connectivity index (χ1v) is 20.2. The van der Waals surface area contributed by atoms with Crippen LogP contribution in [-0.4, -0.2) is 20.9 Å². The van der Waals surface area contributed by atoms with Crippen molar-refractivity contribution in [2.45, 2.75) is 121 Å². The van der Waals surface area contributed by atoms with Crippen molar-refractivity contribution in [3.63, 3.8) is 0 Å². The second-order valence-corrected chi connectivity index (χ2v) is 18.1. The smallest absolute Gasteiger partial charge is 0.223 e. The minimum absolute atomic E-state index is 0.